The van der Waals surface area contributed by atoms with Gasteiger partial charge in [0.2, 0.25) is 5.91 Å². The van der Waals surface area contributed by atoms with Crippen LogP contribution in [0.4, 0.5) is 0 Å². The van der Waals surface area contributed by atoms with E-state index in [1.54, 1.807) is 0 Å². The average molecular weight is 297 g/mol. The maximum absolute atomic E-state index is 12.8. The third-order valence-corrected chi connectivity index (χ3v) is 4.77. The number of piperazine rings is 1. The fourth-order valence-corrected chi connectivity index (χ4v) is 3.33. The number of hydrogen-bond donors (Lipinski definition) is 2. The quantitative estimate of drug-likeness (QED) is 0.768. The summed E-state index contributed by atoms with van der Waals surface area (Å²) in [7, 11) is 0. The lowest BCUT2D eigenvalue weighted by Gasteiger charge is -2.41. The van der Waals surface area contributed by atoms with Gasteiger partial charge in [0, 0.05) is 45.7 Å². The van der Waals surface area contributed by atoms with Crippen molar-refractivity contribution >= 4 is 11.9 Å². The van der Waals surface area contributed by atoms with E-state index in [9.17, 15) is 9.59 Å². The Labute approximate surface area is 126 Å². The fraction of sp³-hybridized carbons (Fsp3) is 0.867. The summed E-state index contributed by atoms with van der Waals surface area (Å²) >= 11 is 0. The number of carboxylic acids is 1. The number of hydrogen-bond acceptors (Lipinski definition) is 4. The molecule has 1 amide bonds. The van der Waals surface area contributed by atoms with Gasteiger partial charge in [-0.25, -0.2) is 0 Å². The number of rotatable bonds is 5. The molecule has 6 nitrogen and oxygen atoms in total. The van der Waals surface area contributed by atoms with Crippen molar-refractivity contribution in [3.05, 3.63) is 0 Å². The summed E-state index contributed by atoms with van der Waals surface area (Å²) < 4.78 is 0. The number of nitrogens with one attached hydrogen (secondary N) is 1. The molecule has 2 rings (SSSR count). The molecule has 0 aromatic rings. The smallest absolute Gasteiger partial charge is 0.303 e. The van der Waals surface area contributed by atoms with Crippen molar-refractivity contribution in [2.45, 2.75) is 38.6 Å². The summed E-state index contributed by atoms with van der Waals surface area (Å²) in [6.45, 7) is 9.14. The maximum atomic E-state index is 12.8. The Kier molecular flexibility index (Phi) is 5.22. The fourth-order valence-electron chi connectivity index (χ4n) is 3.33. The van der Waals surface area contributed by atoms with Crippen molar-refractivity contribution in [1.82, 2.24) is 15.1 Å². The van der Waals surface area contributed by atoms with Crippen molar-refractivity contribution in [3.8, 4) is 0 Å². The number of amides is 1. The highest BCUT2D eigenvalue weighted by Crippen LogP contribution is 2.26. The first-order chi connectivity index (χ1) is 9.91. The number of carboxylic acid groups (broad SMARTS) is 1. The van der Waals surface area contributed by atoms with E-state index in [0.717, 1.165) is 39.1 Å². The first-order valence-electron chi connectivity index (χ1n) is 7.88. The Morgan fingerprint density at radius 1 is 1.24 bits per heavy atom. The number of likely N-dealkylation sites (tertiary alicyclic amines) is 1. The van der Waals surface area contributed by atoms with Crippen molar-refractivity contribution < 1.29 is 14.7 Å². The first-order valence-corrected chi connectivity index (χ1v) is 7.88. The van der Waals surface area contributed by atoms with E-state index < -0.39 is 11.5 Å². The van der Waals surface area contributed by atoms with Gasteiger partial charge in [0.15, 0.2) is 0 Å². The minimum atomic E-state index is -0.749. The van der Waals surface area contributed by atoms with E-state index >= 15 is 0 Å². The van der Waals surface area contributed by atoms with Gasteiger partial charge in [-0.05, 0) is 32.6 Å². The summed E-state index contributed by atoms with van der Waals surface area (Å²) in [5.74, 6) is -0.230. The summed E-state index contributed by atoms with van der Waals surface area (Å²) in [4.78, 5) is 27.6. The van der Waals surface area contributed by atoms with Crippen LogP contribution in [0.3, 0.4) is 0 Å². The molecule has 2 aliphatic rings. The number of carbonyl (C=O) groups excluding carboxylic acids is 1. The van der Waals surface area contributed by atoms with Crippen molar-refractivity contribution in [1.29, 1.82) is 0 Å². The molecule has 0 bridgehead atoms. The molecule has 1 atom stereocenters. The molecule has 120 valence electrons. The van der Waals surface area contributed by atoms with E-state index in [2.05, 4.69) is 10.2 Å². The second-order valence-corrected chi connectivity index (χ2v) is 6.63. The van der Waals surface area contributed by atoms with Crippen LogP contribution < -0.4 is 5.32 Å². The summed E-state index contributed by atoms with van der Waals surface area (Å²) in [6.07, 6.45) is 1.80. The van der Waals surface area contributed by atoms with Gasteiger partial charge in [-0.3, -0.25) is 14.5 Å². The third-order valence-electron chi connectivity index (χ3n) is 4.77. The predicted octanol–water partition coefficient (Wildman–Crippen LogP) is 0.384. The molecular weight excluding hydrogens is 270 g/mol. The zero-order valence-electron chi connectivity index (χ0n) is 13.1. The molecule has 0 aromatic heterocycles. The Bertz CT molecular complexity index is 392. The van der Waals surface area contributed by atoms with Gasteiger partial charge >= 0.3 is 5.97 Å². The van der Waals surface area contributed by atoms with Crippen molar-refractivity contribution in [2.24, 2.45) is 5.92 Å². The van der Waals surface area contributed by atoms with Crippen molar-refractivity contribution in [3.63, 3.8) is 0 Å². The zero-order valence-corrected chi connectivity index (χ0v) is 13.1. The molecule has 0 aliphatic carbocycles. The van der Waals surface area contributed by atoms with Crippen LogP contribution in [0.5, 0.6) is 0 Å². The van der Waals surface area contributed by atoms with Gasteiger partial charge in [-0.1, -0.05) is 0 Å². The van der Waals surface area contributed by atoms with Gasteiger partial charge in [0.1, 0.15) is 0 Å². The summed E-state index contributed by atoms with van der Waals surface area (Å²) in [6, 6.07) is 0. The lowest BCUT2D eigenvalue weighted by atomic mass is 9.99. The second kappa shape index (κ2) is 6.75. The van der Waals surface area contributed by atoms with E-state index in [0.29, 0.717) is 18.9 Å². The third kappa shape index (κ3) is 3.95. The van der Waals surface area contributed by atoms with E-state index in [1.165, 1.54) is 0 Å². The first kappa shape index (κ1) is 16.2. The highest BCUT2D eigenvalue weighted by atomic mass is 16.4. The van der Waals surface area contributed by atoms with Crippen LogP contribution in [0.25, 0.3) is 0 Å². The minimum Gasteiger partial charge on any atom is -0.481 e. The van der Waals surface area contributed by atoms with Crippen LogP contribution >= 0.6 is 0 Å². The molecule has 21 heavy (non-hydrogen) atoms. The average Bonchev–Trinajstić information content (AvgIpc) is 2.94. The highest BCUT2D eigenvalue weighted by molar-refractivity contribution is 5.85. The molecule has 0 saturated carbocycles. The highest BCUT2D eigenvalue weighted by Gasteiger charge is 2.40. The molecule has 2 aliphatic heterocycles. The molecule has 2 saturated heterocycles. The number of nitrogens with zero attached hydrogens (tertiary/aromatic N) is 2. The second-order valence-electron chi connectivity index (χ2n) is 6.63. The monoisotopic (exact) mass is 297 g/mol. The van der Waals surface area contributed by atoms with E-state index in [-0.39, 0.29) is 12.3 Å². The molecule has 0 spiro atoms. The van der Waals surface area contributed by atoms with Gasteiger partial charge in [0.05, 0.1) is 5.54 Å². The molecule has 2 N–H and O–H groups in total. The predicted molar refractivity (Wildman–Crippen MR) is 80.1 cm³/mol. The summed E-state index contributed by atoms with van der Waals surface area (Å²) in [5, 5.41) is 12.1. The zero-order chi connectivity index (χ0) is 15.5. The maximum Gasteiger partial charge on any atom is 0.303 e. The lowest BCUT2D eigenvalue weighted by Crippen LogP contribution is -2.60. The van der Waals surface area contributed by atoms with Gasteiger partial charge in [-0.2, -0.15) is 0 Å². The molecule has 6 heteroatoms. The van der Waals surface area contributed by atoms with Crippen LogP contribution in [-0.4, -0.2) is 71.6 Å². The Morgan fingerprint density at radius 3 is 2.52 bits per heavy atom. The van der Waals surface area contributed by atoms with Gasteiger partial charge < -0.3 is 15.3 Å². The molecule has 2 heterocycles. The lowest BCUT2D eigenvalue weighted by molar-refractivity contribution is -0.142. The topological polar surface area (TPSA) is 72.9 Å². The normalized spacial score (nSPS) is 24.3. The number of aliphatic carboxylic acids is 1. The van der Waals surface area contributed by atoms with Crippen LogP contribution in [0.2, 0.25) is 0 Å². The van der Waals surface area contributed by atoms with E-state index in [1.807, 2.05) is 18.7 Å². The van der Waals surface area contributed by atoms with Gasteiger partial charge in [-0.15, -0.1) is 0 Å². The van der Waals surface area contributed by atoms with Gasteiger partial charge in [0.25, 0.3) is 0 Å². The molecule has 0 radical (unpaired) electrons. The largest absolute Gasteiger partial charge is 0.481 e. The molecule has 0 aromatic carbocycles. The minimum absolute atomic E-state index is 0.183. The van der Waals surface area contributed by atoms with Crippen LogP contribution in [-0.2, 0) is 9.59 Å². The molecule has 1 unspecified atom stereocenters. The molecular formula is C15H27N3O3. The Balaban J connectivity index is 1.89. The molecule has 2 fully saturated rings. The number of carbonyl (C=O) groups is 2. The summed E-state index contributed by atoms with van der Waals surface area (Å²) in [5.41, 5.74) is -0.468. The Morgan fingerprint density at radius 2 is 1.90 bits per heavy atom. The van der Waals surface area contributed by atoms with Crippen LogP contribution in [0.15, 0.2) is 0 Å². The van der Waals surface area contributed by atoms with Crippen LogP contribution in [0.1, 0.15) is 33.1 Å². The van der Waals surface area contributed by atoms with E-state index in [4.69, 9.17) is 5.11 Å². The standard InChI is InChI=1S/C15H27N3O3/c1-15(2,18-9-6-16-7-10-18)14(21)17-8-5-12(11-17)3-4-13(19)20/h12,16H,3-11H2,1-2H3,(H,19,20). The van der Waals surface area contributed by atoms with Crippen LogP contribution in [0, 0.1) is 5.92 Å². The SMILES string of the molecule is CC(C)(C(=O)N1CCC(CCC(=O)O)C1)N1CCNCC1. The Hall–Kier alpha value is -1.14. The van der Waals surface area contributed by atoms with Crippen molar-refractivity contribution in [2.75, 3.05) is 39.3 Å².